The van der Waals surface area contributed by atoms with Gasteiger partial charge in [-0.25, -0.2) is 4.98 Å². The summed E-state index contributed by atoms with van der Waals surface area (Å²) in [6.07, 6.45) is 13.1. The van der Waals surface area contributed by atoms with Crippen molar-refractivity contribution in [2.24, 2.45) is 5.92 Å². The Morgan fingerprint density at radius 2 is 1.94 bits per heavy atom. The topological polar surface area (TPSA) is 82.3 Å². The Bertz CT molecular complexity index is 1650. The number of H-pyrrole nitrogens is 2. The summed E-state index contributed by atoms with van der Waals surface area (Å²) in [5.74, 6) is 0.336. The van der Waals surface area contributed by atoms with E-state index in [1.807, 2.05) is 18.6 Å². The maximum absolute atomic E-state index is 4.62. The highest BCUT2D eigenvalue weighted by Crippen LogP contribution is 2.34. The average Bonchev–Trinajstić information content (AvgIpc) is 3.62. The molecule has 4 aromatic heterocycles. The van der Waals surface area contributed by atoms with E-state index in [0.717, 1.165) is 51.2 Å². The first-order chi connectivity index (χ1) is 17.1. The van der Waals surface area contributed by atoms with Crippen LogP contribution >= 0.6 is 0 Å². The second-order valence-corrected chi connectivity index (χ2v) is 9.21. The van der Waals surface area contributed by atoms with Crippen molar-refractivity contribution in [1.29, 1.82) is 0 Å². The van der Waals surface area contributed by atoms with Crippen LogP contribution in [-0.4, -0.2) is 25.1 Å². The summed E-state index contributed by atoms with van der Waals surface area (Å²) >= 11 is 0. The molecule has 6 heteroatoms. The molecular formula is C29H26N6. The van der Waals surface area contributed by atoms with Gasteiger partial charge in [0.1, 0.15) is 0 Å². The third kappa shape index (κ3) is 3.83. The van der Waals surface area contributed by atoms with Crippen molar-refractivity contribution < 1.29 is 0 Å². The van der Waals surface area contributed by atoms with Gasteiger partial charge >= 0.3 is 0 Å². The molecule has 172 valence electrons. The fraction of sp³-hybridized carbons (Fsp3) is 0.138. The lowest BCUT2D eigenvalue weighted by Crippen LogP contribution is -2.04. The molecule has 0 bridgehead atoms. The van der Waals surface area contributed by atoms with Gasteiger partial charge in [0.25, 0.3) is 0 Å². The summed E-state index contributed by atoms with van der Waals surface area (Å²) in [7, 11) is 0. The summed E-state index contributed by atoms with van der Waals surface area (Å²) in [5, 5.41) is 13.2. The molecule has 0 saturated carbocycles. The number of allylic oxidation sites excluding steroid dienone is 5. The monoisotopic (exact) mass is 458 g/mol. The molecule has 5 aromatic rings. The molecule has 0 fully saturated rings. The highest BCUT2D eigenvalue weighted by Gasteiger charge is 2.15. The van der Waals surface area contributed by atoms with Gasteiger partial charge in [-0.2, -0.15) is 5.10 Å². The number of anilines is 1. The number of hydrogen-bond donors (Lipinski definition) is 3. The van der Waals surface area contributed by atoms with Crippen LogP contribution in [0.3, 0.4) is 0 Å². The van der Waals surface area contributed by atoms with Gasteiger partial charge in [0.05, 0.1) is 23.3 Å². The Kier molecular flexibility index (Phi) is 5.07. The quantitative estimate of drug-likeness (QED) is 0.254. The van der Waals surface area contributed by atoms with Gasteiger partial charge in [-0.15, -0.1) is 0 Å². The number of aromatic nitrogens is 5. The maximum atomic E-state index is 4.62. The lowest BCUT2D eigenvalue weighted by atomic mass is 10.0. The minimum atomic E-state index is 0.336. The van der Waals surface area contributed by atoms with Crippen LogP contribution in [0.25, 0.3) is 50.0 Å². The molecule has 6 rings (SSSR count). The summed E-state index contributed by atoms with van der Waals surface area (Å²) in [4.78, 5) is 12.6. The van der Waals surface area contributed by atoms with E-state index in [4.69, 9.17) is 0 Å². The highest BCUT2D eigenvalue weighted by atomic mass is 15.2. The van der Waals surface area contributed by atoms with E-state index < -0.39 is 0 Å². The van der Waals surface area contributed by atoms with Crippen LogP contribution in [0.15, 0.2) is 85.5 Å². The smallest absolute Gasteiger partial charge is 0.181 e. The molecular weight excluding hydrogens is 432 g/mol. The van der Waals surface area contributed by atoms with Gasteiger partial charge in [-0.05, 0) is 47.7 Å². The van der Waals surface area contributed by atoms with Crippen molar-refractivity contribution in [3.8, 4) is 22.5 Å². The number of benzene rings is 1. The van der Waals surface area contributed by atoms with Gasteiger partial charge in [0.15, 0.2) is 5.65 Å². The van der Waals surface area contributed by atoms with E-state index in [1.165, 1.54) is 16.5 Å². The second kappa shape index (κ2) is 8.40. The SMILES string of the molecule is C=C(Nc1cncc(-c2cnc3n[nH]c(-c4cc5c(C6=CCC=C6)cccc5[nH]4)c3c2)c1)C(C)C. The molecule has 0 spiro atoms. The third-order valence-corrected chi connectivity index (χ3v) is 6.50. The minimum Gasteiger partial charge on any atom is -0.358 e. The van der Waals surface area contributed by atoms with Gasteiger partial charge in [0.2, 0.25) is 0 Å². The number of pyridine rings is 2. The van der Waals surface area contributed by atoms with E-state index in [-0.39, 0.29) is 0 Å². The Hall–Kier alpha value is -4.45. The molecule has 35 heavy (non-hydrogen) atoms. The number of rotatable bonds is 6. The Labute approximate surface area is 203 Å². The zero-order valence-electron chi connectivity index (χ0n) is 19.8. The zero-order valence-corrected chi connectivity index (χ0v) is 19.8. The molecule has 1 aliphatic carbocycles. The van der Waals surface area contributed by atoms with E-state index >= 15 is 0 Å². The third-order valence-electron chi connectivity index (χ3n) is 6.50. The van der Waals surface area contributed by atoms with Crippen LogP contribution in [0.1, 0.15) is 25.8 Å². The molecule has 0 aliphatic heterocycles. The van der Waals surface area contributed by atoms with Crippen molar-refractivity contribution >= 4 is 33.2 Å². The number of fused-ring (bicyclic) bond motifs is 2. The van der Waals surface area contributed by atoms with Crippen molar-refractivity contribution in [1.82, 2.24) is 25.1 Å². The first-order valence-corrected chi connectivity index (χ1v) is 11.8. The number of aromatic amines is 2. The van der Waals surface area contributed by atoms with Gasteiger partial charge in [0, 0.05) is 45.5 Å². The Balaban J connectivity index is 1.41. The maximum Gasteiger partial charge on any atom is 0.181 e. The standard InChI is InChI=1S/C29H26N6/c1-17(2)18(3)32-22-11-20(14-30-16-22)21-12-25-28(34-35-29(25)31-15-21)27-13-24-23(19-7-4-5-8-19)9-6-10-26(24)33-27/h4,6-17,32-33H,3,5H2,1-2H3,(H,31,34,35). The normalized spacial score (nSPS) is 13.2. The molecule has 6 nitrogen and oxygen atoms in total. The molecule has 0 amide bonds. The lowest BCUT2D eigenvalue weighted by molar-refractivity contribution is 0.778. The molecule has 0 unspecified atom stereocenters. The lowest BCUT2D eigenvalue weighted by Gasteiger charge is -2.13. The minimum absolute atomic E-state index is 0.336. The van der Waals surface area contributed by atoms with Crippen molar-refractivity contribution in [3.63, 3.8) is 0 Å². The molecule has 1 aromatic carbocycles. The van der Waals surface area contributed by atoms with Crippen LogP contribution < -0.4 is 5.32 Å². The van der Waals surface area contributed by atoms with E-state index in [9.17, 15) is 0 Å². The van der Waals surface area contributed by atoms with E-state index in [0.29, 0.717) is 11.6 Å². The zero-order chi connectivity index (χ0) is 23.9. The van der Waals surface area contributed by atoms with Crippen molar-refractivity contribution in [2.45, 2.75) is 20.3 Å². The van der Waals surface area contributed by atoms with Crippen molar-refractivity contribution in [3.05, 3.63) is 91.1 Å². The Morgan fingerprint density at radius 3 is 2.77 bits per heavy atom. The van der Waals surface area contributed by atoms with Crippen LogP contribution in [0, 0.1) is 5.92 Å². The first-order valence-electron chi connectivity index (χ1n) is 11.8. The largest absolute Gasteiger partial charge is 0.358 e. The van der Waals surface area contributed by atoms with Gasteiger partial charge in [-0.3, -0.25) is 10.1 Å². The van der Waals surface area contributed by atoms with Crippen molar-refractivity contribution in [2.75, 3.05) is 5.32 Å². The molecule has 1 aliphatic rings. The summed E-state index contributed by atoms with van der Waals surface area (Å²) in [6.45, 7) is 8.33. The van der Waals surface area contributed by atoms with E-state index in [2.05, 4.69) is 106 Å². The summed E-state index contributed by atoms with van der Waals surface area (Å²) in [5.41, 5.74) is 10.0. The fourth-order valence-corrected chi connectivity index (χ4v) is 4.46. The second-order valence-electron chi connectivity index (χ2n) is 9.21. The van der Waals surface area contributed by atoms with Gasteiger partial charge < -0.3 is 10.3 Å². The Morgan fingerprint density at radius 1 is 1.06 bits per heavy atom. The first kappa shape index (κ1) is 21.1. The molecule has 0 radical (unpaired) electrons. The van der Waals surface area contributed by atoms with Gasteiger partial charge in [-0.1, -0.05) is 50.8 Å². The highest BCUT2D eigenvalue weighted by molar-refractivity contribution is 6.00. The predicted molar refractivity (Wildman–Crippen MR) is 144 cm³/mol. The van der Waals surface area contributed by atoms with Crippen LogP contribution in [0.4, 0.5) is 5.69 Å². The average molecular weight is 459 g/mol. The van der Waals surface area contributed by atoms with E-state index in [1.54, 1.807) is 0 Å². The summed E-state index contributed by atoms with van der Waals surface area (Å²) in [6, 6.07) is 12.8. The van der Waals surface area contributed by atoms with Crippen LogP contribution in [0.2, 0.25) is 0 Å². The molecule has 3 N–H and O–H groups in total. The number of nitrogens with zero attached hydrogens (tertiary/aromatic N) is 3. The molecule has 0 saturated heterocycles. The fourth-order valence-electron chi connectivity index (χ4n) is 4.46. The molecule has 0 atom stereocenters. The molecule has 4 heterocycles. The summed E-state index contributed by atoms with van der Waals surface area (Å²) < 4.78 is 0. The van der Waals surface area contributed by atoms with Crippen LogP contribution in [-0.2, 0) is 0 Å². The predicted octanol–water partition coefficient (Wildman–Crippen LogP) is 7.09. The number of nitrogens with one attached hydrogen (secondary N) is 3. The van der Waals surface area contributed by atoms with Crippen LogP contribution in [0.5, 0.6) is 0 Å². The number of hydrogen-bond acceptors (Lipinski definition) is 4.